The van der Waals surface area contributed by atoms with E-state index in [4.69, 9.17) is 0 Å². The number of nitrogens with zero attached hydrogens (tertiary/aromatic N) is 2. The molecule has 1 amide bonds. The van der Waals surface area contributed by atoms with Crippen molar-refractivity contribution < 1.29 is 4.79 Å². The summed E-state index contributed by atoms with van der Waals surface area (Å²) < 4.78 is 0. The molecule has 0 radical (unpaired) electrons. The highest BCUT2D eigenvalue weighted by atomic mass is 32.1. The fraction of sp³-hybridized carbons (Fsp3) is 0.684. The van der Waals surface area contributed by atoms with E-state index in [0.717, 1.165) is 25.0 Å². The second-order valence-electron chi connectivity index (χ2n) is 7.71. The Labute approximate surface area is 155 Å². The molecule has 1 saturated carbocycles. The van der Waals surface area contributed by atoms with E-state index >= 15 is 0 Å². The molecule has 0 atom stereocenters. The lowest BCUT2D eigenvalue weighted by molar-refractivity contribution is -0.127. The second-order valence-corrected chi connectivity index (χ2v) is 8.74. The number of hydrogen-bond acceptors (Lipinski definition) is 3. The fourth-order valence-corrected chi connectivity index (χ4v) is 3.85. The molecule has 1 aliphatic rings. The van der Waals surface area contributed by atoms with Gasteiger partial charge in [0, 0.05) is 25.5 Å². The Kier molecular flexibility index (Phi) is 7.29. The summed E-state index contributed by atoms with van der Waals surface area (Å²) in [5, 5.41) is 8.89. The summed E-state index contributed by atoms with van der Waals surface area (Å²) in [7, 11) is 3.51. The first-order chi connectivity index (χ1) is 11.9. The van der Waals surface area contributed by atoms with Gasteiger partial charge in [0.15, 0.2) is 5.96 Å². The van der Waals surface area contributed by atoms with Gasteiger partial charge in [0.05, 0.1) is 6.54 Å². The number of guanidine groups is 1. The minimum absolute atomic E-state index is 0.00674. The molecular weight excluding hydrogens is 332 g/mol. The molecule has 0 bridgehead atoms. The number of thiophene rings is 1. The Bertz CT molecular complexity index is 560. The van der Waals surface area contributed by atoms with Gasteiger partial charge in [-0.15, -0.1) is 11.3 Å². The van der Waals surface area contributed by atoms with Gasteiger partial charge in [-0.2, -0.15) is 0 Å². The third kappa shape index (κ3) is 6.34. The fourth-order valence-electron chi connectivity index (χ4n) is 3.21. The van der Waals surface area contributed by atoms with E-state index in [0.29, 0.717) is 0 Å². The highest BCUT2D eigenvalue weighted by Crippen LogP contribution is 2.38. The Balaban J connectivity index is 1.94. The minimum Gasteiger partial charge on any atom is -0.356 e. The third-order valence-corrected chi connectivity index (χ3v) is 5.93. The van der Waals surface area contributed by atoms with Gasteiger partial charge in [-0.05, 0) is 35.6 Å². The standard InChI is InChI=1S/C19H32N4OS/c1-19(2,15-8-5-6-9-15)14-22-18(21-13-17(24)23(3)4)20-12-16-10-7-11-25-16/h7,10-11,15H,5-6,8-9,12-14H2,1-4H3,(H2,20,21,22). The van der Waals surface area contributed by atoms with Crippen molar-refractivity contribution in [2.75, 3.05) is 27.2 Å². The van der Waals surface area contributed by atoms with Gasteiger partial charge >= 0.3 is 0 Å². The Morgan fingerprint density at radius 3 is 2.64 bits per heavy atom. The molecule has 0 spiro atoms. The van der Waals surface area contributed by atoms with E-state index in [-0.39, 0.29) is 17.9 Å². The van der Waals surface area contributed by atoms with Gasteiger partial charge in [0.1, 0.15) is 6.54 Å². The van der Waals surface area contributed by atoms with Crippen molar-refractivity contribution in [2.24, 2.45) is 16.3 Å². The summed E-state index contributed by atoms with van der Waals surface area (Å²) in [6.07, 6.45) is 5.35. The van der Waals surface area contributed by atoms with Crippen molar-refractivity contribution in [2.45, 2.75) is 46.1 Å². The highest BCUT2D eigenvalue weighted by molar-refractivity contribution is 7.09. The molecule has 140 valence electrons. The number of hydrogen-bond donors (Lipinski definition) is 2. The van der Waals surface area contributed by atoms with Crippen LogP contribution >= 0.6 is 11.3 Å². The van der Waals surface area contributed by atoms with Crippen LogP contribution in [-0.2, 0) is 11.3 Å². The number of carbonyl (C=O) groups is 1. The van der Waals surface area contributed by atoms with Gasteiger partial charge in [0.25, 0.3) is 0 Å². The maximum absolute atomic E-state index is 11.9. The van der Waals surface area contributed by atoms with Gasteiger partial charge in [-0.1, -0.05) is 32.8 Å². The van der Waals surface area contributed by atoms with Crippen LogP contribution in [0.2, 0.25) is 0 Å². The summed E-state index contributed by atoms with van der Waals surface area (Å²) in [5.41, 5.74) is 0.230. The molecule has 2 N–H and O–H groups in total. The number of rotatable bonds is 7. The minimum atomic E-state index is 0.00674. The molecule has 6 heteroatoms. The van der Waals surface area contributed by atoms with Crippen LogP contribution in [0.3, 0.4) is 0 Å². The van der Waals surface area contributed by atoms with Gasteiger partial charge in [-0.3, -0.25) is 4.79 Å². The Hall–Kier alpha value is -1.56. The van der Waals surface area contributed by atoms with Gasteiger partial charge < -0.3 is 15.5 Å². The normalized spacial score (nSPS) is 16.1. The number of nitrogens with one attached hydrogen (secondary N) is 2. The topological polar surface area (TPSA) is 56.7 Å². The molecule has 1 aliphatic carbocycles. The lowest BCUT2D eigenvalue weighted by Gasteiger charge is -2.32. The van der Waals surface area contributed by atoms with Crippen molar-refractivity contribution in [1.29, 1.82) is 0 Å². The van der Waals surface area contributed by atoms with E-state index in [9.17, 15) is 4.79 Å². The average molecular weight is 365 g/mol. The van der Waals surface area contributed by atoms with E-state index in [1.54, 1.807) is 30.3 Å². The zero-order valence-electron chi connectivity index (χ0n) is 16.0. The van der Waals surface area contributed by atoms with Crippen molar-refractivity contribution in [3.05, 3.63) is 22.4 Å². The summed E-state index contributed by atoms with van der Waals surface area (Å²) in [6.45, 7) is 6.42. The Morgan fingerprint density at radius 1 is 1.32 bits per heavy atom. The number of aliphatic imine (C=N–C) groups is 1. The van der Waals surface area contributed by atoms with E-state index in [2.05, 4.69) is 40.9 Å². The summed E-state index contributed by atoms with van der Waals surface area (Å²) in [5.74, 6) is 1.49. The second kappa shape index (κ2) is 9.22. The first-order valence-corrected chi connectivity index (χ1v) is 10.0. The maximum Gasteiger partial charge on any atom is 0.243 e. The van der Waals surface area contributed by atoms with E-state index in [1.165, 1.54) is 30.6 Å². The molecule has 0 aliphatic heterocycles. The first-order valence-electron chi connectivity index (χ1n) is 9.13. The van der Waals surface area contributed by atoms with Crippen LogP contribution in [0.1, 0.15) is 44.4 Å². The predicted octanol–water partition coefficient (Wildman–Crippen LogP) is 3.09. The van der Waals surface area contributed by atoms with Gasteiger partial charge in [0.2, 0.25) is 5.91 Å². The van der Waals surface area contributed by atoms with Crippen molar-refractivity contribution in [3.8, 4) is 0 Å². The monoisotopic (exact) mass is 364 g/mol. The van der Waals surface area contributed by atoms with E-state index in [1.807, 2.05) is 6.07 Å². The number of likely N-dealkylation sites (N-methyl/N-ethyl adjacent to an activating group) is 1. The molecule has 5 nitrogen and oxygen atoms in total. The molecule has 1 aromatic rings. The molecule has 25 heavy (non-hydrogen) atoms. The number of carbonyl (C=O) groups excluding carboxylic acids is 1. The third-order valence-electron chi connectivity index (χ3n) is 5.05. The predicted molar refractivity (Wildman–Crippen MR) is 106 cm³/mol. The van der Waals surface area contributed by atoms with E-state index < -0.39 is 0 Å². The van der Waals surface area contributed by atoms with Crippen LogP contribution < -0.4 is 10.6 Å². The lowest BCUT2D eigenvalue weighted by Crippen LogP contribution is -2.44. The van der Waals surface area contributed by atoms with Crippen molar-refractivity contribution in [3.63, 3.8) is 0 Å². The van der Waals surface area contributed by atoms with Crippen LogP contribution in [0.25, 0.3) is 0 Å². The summed E-state index contributed by atoms with van der Waals surface area (Å²) in [4.78, 5) is 19.2. The smallest absolute Gasteiger partial charge is 0.243 e. The van der Waals surface area contributed by atoms with Gasteiger partial charge in [-0.25, -0.2) is 4.99 Å². The largest absolute Gasteiger partial charge is 0.356 e. The number of amides is 1. The average Bonchev–Trinajstić information content (AvgIpc) is 3.27. The maximum atomic E-state index is 11.9. The van der Waals surface area contributed by atoms with Crippen LogP contribution in [0, 0.1) is 11.3 Å². The molecule has 1 heterocycles. The molecule has 1 fully saturated rings. The van der Waals surface area contributed by atoms with Crippen LogP contribution in [0.5, 0.6) is 0 Å². The zero-order valence-corrected chi connectivity index (χ0v) is 16.8. The van der Waals surface area contributed by atoms with Crippen LogP contribution in [-0.4, -0.2) is 44.0 Å². The van der Waals surface area contributed by atoms with Crippen molar-refractivity contribution >= 4 is 23.2 Å². The molecule has 1 aromatic heterocycles. The highest BCUT2D eigenvalue weighted by Gasteiger charge is 2.31. The molecule has 0 aromatic carbocycles. The quantitative estimate of drug-likeness (QED) is 0.577. The SMILES string of the molecule is CN(C)C(=O)CN=C(NCc1cccs1)NCC(C)(C)C1CCCC1. The molecular formula is C19H32N4OS. The van der Waals surface area contributed by atoms with Crippen molar-refractivity contribution in [1.82, 2.24) is 15.5 Å². The van der Waals surface area contributed by atoms with Crippen LogP contribution in [0.4, 0.5) is 0 Å². The molecule has 0 saturated heterocycles. The Morgan fingerprint density at radius 2 is 2.04 bits per heavy atom. The molecule has 0 unspecified atom stereocenters. The summed E-state index contributed by atoms with van der Waals surface area (Å²) >= 11 is 1.72. The molecule has 2 rings (SSSR count). The zero-order chi connectivity index (χ0) is 18.3. The lowest BCUT2D eigenvalue weighted by atomic mass is 9.78. The van der Waals surface area contributed by atoms with Crippen LogP contribution in [0.15, 0.2) is 22.5 Å². The summed E-state index contributed by atoms with van der Waals surface area (Å²) in [6, 6.07) is 4.15. The first kappa shape index (κ1) is 19.8.